The number of nitrogens with one attached hydrogen (secondary N) is 1. The second kappa shape index (κ2) is 7.33. The zero-order chi connectivity index (χ0) is 19.6. The highest BCUT2D eigenvalue weighted by Gasteiger charge is 2.10. The number of fused-ring (bicyclic) bond motifs is 3. The van der Waals surface area contributed by atoms with Crippen LogP contribution in [0.4, 0.5) is 0 Å². The predicted molar refractivity (Wildman–Crippen MR) is 122 cm³/mol. The van der Waals surface area contributed by atoms with Crippen LogP contribution < -0.4 is 4.74 Å². The Morgan fingerprint density at radius 1 is 0.690 bits per heavy atom. The fourth-order valence-electron chi connectivity index (χ4n) is 3.84. The topological polar surface area (TPSA) is 25.0 Å². The smallest absolute Gasteiger partial charge is 0.119 e. The van der Waals surface area contributed by atoms with Gasteiger partial charge in [-0.05, 0) is 58.7 Å². The molecule has 0 aliphatic rings. The average molecular weight is 375 g/mol. The van der Waals surface area contributed by atoms with Gasteiger partial charge in [0.15, 0.2) is 0 Å². The van der Waals surface area contributed by atoms with Gasteiger partial charge in [0.1, 0.15) is 5.75 Å². The third kappa shape index (κ3) is 3.30. The lowest BCUT2D eigenvalue weighted by molar-refractivity contribution is 0.415. The summed E-state index contributed by atoms with van der Waals surface area (Å²) in [6.07, 6.45) is 2.26. The van der Waals surface area contributed by atoms with Crippen LogP contribution in [0.3, 0.4) is 0 Å². The van der Waals surface area contributed by atoms with Crippen molar-refractivity contribution in [1.82, 2.24) is 4.98 Å². The fraction of sp³-hybridized carbons (Fsp3) is 0.0370. The second-order valence-corrected chi connectivity index (χ2v) is 7.13. The summed E-state index contributed by atoms with van der Waals surface area (Å²) in [7, 11) is 1.71. The molecular formula is C27H21NO. The Morgan fingerprint density at radius 2 is 1.34 bits per heavy atom. The Hall–Kier alpha value is -3.78. The first-order chi connectivity index (χ1) is 14.3. The van der Waals surface area contributed by atoms with Gasteiger partial charge in [0.25, 0.3) is 0 Å². The molecule has 0 aliphatic carbocycles. The van der Waals surface area contributed by atoms with Crippen LogP contribution in [0, 0.1) is 0 Å². The molecule has 0 saturated carbocycles. The summed E-state index contributed by atoms with van der Waals surface area (Å²) in [4.78, 5) is 3.51. The van der Waals surface area contributed by atoms with E-state index in [4.69, 9.17) is 4.74 Å². The minimum Gasteiger partial charge on any atom is -0.497 e. The summed E-state index contributed by atoms with van der Waals surface area (Å²) in [5.74, 6) is 0.868. The van der Waals surface area contributed by atoms with E-state index >= 15 is 0 Å². The van der Waals surface area contributed by atoms with Crippen molar-refractivity contribution in [3.05, 3.63) is 114 Å². The highest BCUT2D eigenvalue weighted by atomic mass is 16.5. The van der Waals surface area contributed by atoms with Crippen LogP contribution in [0.1, 0.15) is 16.7 Å². The van der Waals surface area contributed by atoms with Crippen molar-refractivity contribution in [2.75, 3.05) is 7.11 Å². The van der Waals surface area contributed by atoms with Crippen LogP contribution in [-0.4, -0.2) is 12.1 Å². The molecule has 0 atom stereocenters. The lowest BCUT2D eigenvalue weighted by atomic mass is 9.94. The monoisotopic (exact) mass is 375 g/mol. The molecule has 1 heterocycles. The summed E-state index contributed by atoms with van der Waals surface area (Å²) >= 11 is 0. The molecule has 5 rings (SSSR count). The van der Waals surface area contributed by atoms with Crippen molar-refractivity contribution >= 4 is 33.5 Å². The SMILES string of the molecule is COc1ccc2[nH]c3ccc(/C(=C\c4ccccc4)c4ccccc4)cc3c2c1. The van der Waals surface area contributed by atoms with E-state index in [0.717, 1.165) is 16.8 Å². The van der Waals surface area contributed by atoms with Gasteiger partial charge in [0.05, 0.1) is 7.11 Å². The van der Waals surface area contributed by atoms with Gasteiger partial charge in [0, 0.05) is 21.8 Å². The maximum absolute atomic E-state index is 5.44. The summed E-state index contributed by atoms with van der Waals surface area (Å²) in [6, 6.07) is 33.8. The predicted octanol–water partition coefficient (Wildman–Crippen LogP) is 6.92. The molecule has 29 heavy (non-hydrogen) atoms. The normalized spacial score (nSPS) is 11.8. The van der Waals surface area contributed by atoms with Crippen molar-refractivity contribution in [1.29, 1.82) is 0 Å². The lowest BCUT2D eigenvalue weighted by Gasteiger charge is -2.10. The molecule has 140 valence electrons. The quantitative estimate of drug-likeness (QED) is 0.339. The summed E-state index contributed by atoms with van der Waals surface area (Å²) in [5, 5.41) is 2.37. The van der Waals surface area contributed by atoms with Crippen molar-refractivity contribution in [2.45, 2.75) is 0 Å². The van der Waals surface area contributed by atoms with Crippen LogP contribution in [0.5, 0.6) is 5.75 Å². The minimum atomic E-state index is 0.868. The number of aromatic nitrogens is 1. The third-order valence-electron chi connectivity index (χ3n) is 5.31. The fourth-order valence-corrected chi connectivity index (χ4v) is 3.84. The third-order valence-corrected chi connectivity index (χ3v) is 5.31. The highest BCUT2D eigenvalue weighted by Crippen LogP contribution is 2.33. The first-order valence-corrected chi connectivity index (χ1v) is 9.74. The van der Waals surface area contributed by atoms with E-state index in [2.05, 4.69) is 96.0 Å². The van der Waals surface area contributed by atoms with E-state index < -0.39 is 0 Å². The van der Waals surface area contributed by atoms with Crippen LogP contribution in [0.15, 0.2) is 97.1 Å². The van der Waals surface area contributed by atoms with Crippen molar-refractivity contribution < 1.29 is 4.74 Å². The number of H-pyrrole nitrogens is 1. The van der Waals surface area contributed by atoms with E-state index in [1.54, 1.807) is 7.11 Å². The van der Waals surface area contributed by atoms with Crippen LogP contribution in [0.2, 0.25) is 0 Å². The standard InChI is InChI=1S/C27H21NO/c1-29-22-13-15-27-25(18-22)24-17-21(12-14-26(24)28-27)23(20-10-6-3-7-11-20)16-19-8-4-2-5-9-19/h2-18,28H,1H3/b23-16-. The minimum absolute atomic E-state index is 0.868. The van der Waals surface area contributed by atoms with E-state index in [-0.39, 0.29) is 0 Å². The number of hydrogen-bond acceptors (Lipinski definition) is 1. The first kappa shape index (κ1) is 17.3. The van der Waals surface area contributed by atoms with Gasteiger partial charge in [-0.25, -0.2) is 0 Å². The number of ether oxygens (including phenoxy) is 1. The van der Waals surface area contributed by atoms with Crippen LogP contribution in [-0.2, 0) is 0 Å². The maximum atomic E-state index is 5.44. The second-order valence-electron chi connectivity index (χ2n) is 7.13. The van der Waals surface area contributed by atoms with Gasteiger partial charge in [-0.2, -0.15) is 0 Å². The molecule has 2 nitrogen and oxygen atoms in total. The van der Waals surface area contributed by atoms with Crippen molar-refractivity contribution in [3.8, 4) is 5.75 Å². The summed E-state index contributed by atoms with van der Waals surface area (Å²) in [6.45, 7) is 0. The average Bonchev–Trinajstić information content (AvgIpc) is 3.16. The Balaban J connectivity index is 1.73. The molecule has 0 radical (unpaired) electrons. The molecular weight excluding hydrogens is 354 g/mol. The molecule has 1 aromatic heterocycles. The van der Waals surface area contributed by atoms with Crippen LogP contribution >= 0.6 is 0 Å². The van der Waals surface area contributed by atoms with Crippen molar-refractivity contribution in [2.24, 2.45) is 0 Å². The molecule has 2 heteroatoms. The van der Waals surface area contributed by atoms with E-state index in [1.807, 2.05) is 12.1 Å². The number of hydrogen-bond donors (Lipinski definition) is 1. The number of rotatable bonds is 4. The molecule has 0 amide bonds. The van der Waals surface area contributed by atoms with E-state index in [0.29, 0.717) is 0 Å². The zero-order valence-corrected chi connectivity index (χ0v) is 16.2. The van der Waals surface area contributed by atoms with Gasteiger partial charge >= 0.3 is 0 Å². The molecule has 0 aliphatic heterocycles. The van der Waals surface area contributed by atoms with Gasteiger partial charge in [-0.1, -0.05) is 66.7 Å². The van der Waals surface area contributed by atoms with E-state index in [9.17, 15) is 0 Å². The molecule has 0 saturated heterocycles. The number of methoxy groups -OCH3 is 1. The van der Waals surface area contributed by atoms with Gasteiger partial charge in [-0.15, -0.1) is 0 Å². The Bertz CT molecular complexity index is 1310. The first-order valence-electron chi connectivity index (χ1n) is 9.74. The molecule has 1 N–H and O–H groups in total. The molecule has 4 aromatic carbocycles. The highest BCUT2D eigenvalue weighted by molar-refractivity contribution is 6.09. The van der Waals surface area contributed by atoms with Crippen molar-refractivity contribution in [3.63, 3.8) is 0 Å². The van der Waals surface area contributed by atoms with Gasteiger partial charge in [-0.3, -0.25) is 0 Å². The maximum Gasteiger partial charge on any atom is 0.119 e. The largest absolute Gasteiger partial charge is 0.497 e. The number of benzene rings is 4. The molecule has 0 unspecified atom stereocenters. The molecule has 5 aromatic rings. The summed E-state index contributed by atoms with van der Waals surface area (Å²) < 4.78 is 5.44. The van der Waals surface area contributed by atoms with Gasteiger partial charge in [0.2, 0.25) is 0 Å². The van der Waals surface area contributed by atoms with Gasteiger partial charge < -0.3 is 9.72 Å². The molecule has 0 bridgehead atoms. The lowest BCUT2D eigenvalue weighted by Crippen LogP contribution is -1.88. The zero-order valence-electron chi connectivity index (χ0n) is 16.2. The summed E-state index contributed by atoms with van der Waals surface area (Å²) in [5.41, 5.74) is 7.03. The Labute approximate surface area is 170 Å². The van der Waals surface area contributed by atoms with E-state index in [1.165, 1.54) is 33.0 Å². The molecule has 0 fully saturated rings. The Morgan fingerprint density at radius 3 is 2.07 bits per heavy atom. The molecule has 0 spiro atoms. The van der Waals surface area contributed by atoms with Crippen LogP contribution in [0.25, 0.3) is 33.5 Å². The number of aromatic amines is 1. The Kier molecular flexibility index (Phi) is 4.38.